The predicted octanol–water partition coefficient (Wildman–Crippen LogP) is 5.34. The van der Waals surface area contributed by atoms with E-state index in [0.717, 1.165) is 63.3 Å². The maximum absolute atomic E-state index is 14.6. The lowest BCUT2D eigenvalue weighted by atomic mass is 10.0. The molecule has 8 nitrogen and oxygen atoms in total. The van der Waals surface area contributed by atoms with Crippen LogP contribution in [-0.2, 0) is 0 Å². The van der Waals surface area contributed by atoms with Gasteiger partial charge in [-0.1, -0.05) is 0 Å². The molecular weight excluding hydrogens is 467 g/mol. The number of hydrogen-bond acceptors (Lipinski definition) is 6. The fourth-order valence-electron chi connectivity index (χ4n) is 4.45. The van der Waals surface area contributed by atoms with E-state index < -0.39 is 0 Å². The third kappa shape index (κ3) is 4.52. The van der Waals surface area contributed by atoms with Gasteiger partial charge in [0.25, 0.3) is 0 Å². The first-order valence-electron chi connectivity index (χ1n) is 12.0. The van der Waals surface area contributed by atoms with Gasteiger partial charge in [-0.15, -0.1) is 0 Å². The Morgan fingerprint density at radius 2 is 1.81 bits per heavy atom. The molecule has 0 saturated heterocycles. The maximum Gasteiger partial charge on any atom is 0.138 e. The largest absolute Gasteiger partial charge is 0.384 e. The molecule has 0 amide bonds. The minimum Gasteiger partial charge on any atom is -0.384 e. The molecular formula is C28H25FN8. The van der Waals surface area contributed by atoms with Gasteiger partial charge in [-0.3, -0.25) is 10.1 Å². The summed E-state index contributed by atoms with van der Waals surface area (Å²) in [5, 5.41) is 11.8. The molecule has 0 radical (unpaired) electrons. The van der Waals surface area contributed by atoms with Crippen molar-refractivity contribution in [3.8, 4) is 33.8 Å². The molecule has 9 heteroatoms. The van der Waals surface area contributed by atoms with E-state index in [4.69, 9.17) is 4.98 Å². The molecule has 5 heterocycles. The van der Waals surface area contributed by atoms with E-state index in [0.29, 0.717) is 11.3 Å². The summed E-state index contributed by atoms with van der Waals surface area (Å²) in [5.41, 5.74) is 7.96. The quantitative estimate of drug-likeness (QED) is 0.278. The van der Waals surface area contributed by atoms with Gasteiger partial charge in [0.05, 0.1) is 16.9 Å². The molecule has 0 fully saturated rings. The van der Waals surface area contributed by atoms with Crippen LogP contribution in [0.3, 0.4) is 0 Å². The van der Waals surface area contributed by atoms with Crippen molar-refractivity contribution in [1.82, 2.24) is 35.0 Å². The smallest absolute Gasteiger partial charge is 0.138 e. The molecule has 5 aromatic heterocycles. The lowest BCUT2D eigenvalue weighted by Crippen LogP contribution is -2.20. The molecule has 0 aliphatic carbocycles. The standard InChI is InChI=1S/C28H25FN8/c1-37(2)12-11-31-20-14-18(13-19(29)15-20)21-7-10-32-28-22(21)16-25(34-28)27-26-24(35-36-27)4-3-23(33-26)17-5-8-30-9-6-17/h3-10,13-16,31H,11-12H2,1-2H3,(H,32,34)(H,35,36). The molecule has 0 unspecified atom stereocenters. The Labute approximate surface area is 212 Å². The lowest BCUT2D eigenvalue weighted by molar-refractivity contribution is 0.425. The first-order valence-corrected chi connectivity index (χ1v) is 12.0. The molecule has 0 aliphatic rings. The highest BCUT2D eigenvalue weighted by molar-refractivity contribution is 5.99. The van der Waals surface area contributed by atoms with Crippen molar-refractivity contribution in [2.24, 2.45) is 0 Å². The molecule has 184 valence electrons. The number of rotatable bonds is 7. The maximum atomic E-state index is 14.6. The zero-order valence-electron chi connectivity index (χ0n) is 20.5. The summed E-state index contributed by atoms with van der Waals surface area (Å²) in [6.45, 7) is 1.57. The Kier molecular flexibility index (Phi) is 5.82. The van der Waals surface area contributed by atoms with Gasteiger partial charge in [0.2, 0.25) is 0 Å². The van der Waals surface area contributed by atoms with Crippen LogP contribution in [0.5, 0.6) is 0 Å². The molecule has 1 aromatic carbocycles. The number of benzene rings is 1. The molecule has 6 rings (SSSR count). The monoisotopic (exact) mass is 492 g/mol. The van der Waals surface area contributed by atoms with Gasteiger partial charge in [0.1, 0.15) is 22.7 Å². The SMILES string of the molecule is CN(C)CCNc1cc(F)cc(-c2ccnc3[nH]c(-c4n[nH]c5ccc(-c6ccncc6)nc45)cc23)c1. The van der Waals surface area contributed by atoms with E-state index >= 15 is 0 Å². The summed E-state index contributed by atoms with van der Waals surface area (Å²) >= 11 is 0. The Hall–Kier alpha value is -4.63. The van der Waals surface area contributed by atoms with Gasteiger partial charge in [-0.2, -0.15) is 5.10 Å². The Bertz CT molecular complexity index is 1700. The molecule has 0 spiro atoms. The Morgan fingerprint density at radius 1 is 0.946 bits per heavy atom. The summed E-state index contributed by atoms with van der Waals surface area (Å²) in [5.74, 6) is -0.295. The van der Waals surface area contributed by atoms with Crippen LogP contribution in [0.15, 0.2) is 73.2 Å². The second-order valence-electron chi connectivity index (χ2n) is 9.16. The lowest BCUT2D eigenvalue weighted by Gasteiger charge is -2.13. The van der Waals surface area contributed by atoms with Gasteiger partial charge >= 0.3 is 0 Å². The van der Waals surface area contributed by atoms with E-state index in [1.807, 2.05) is 56.6 Å². The van der Waals surface area contributed by atoms with Crippen molar-refractivity contribution < 1.29 is 4.39 Å². The summed E-state index contributed by atoms with van der Waals surface area (Å²) in [6.07, 6.45) is 5.22. The normalized spacial score (nSPS) is 11.6. The summed E-state index contributed by atoms with van der Waals surface area (Å²) in [7, 11) is 4.02. The first-order chi connectivity index (χ1) is 18.0. The second-order valence-corrected chi connectivity index (χ2v) is 9.16. The molecule has 6 aromatic rings. The van der Waals surface area contributed by atoms with E-state index in [9.17, 15) is 4.39 Å². The van der Waals surface area contributed by atoms with Crippen LogP contribution in [0, 0.1) is 5.82 Å². The van der Waals surface area contributed by atoms with Gasteiger partial charge in [-0.05, 0) is 79.8 Å². The number of nitrogens with one attached hydrogen (secondary N) is 3. The van der Waals surface area contributed by atoms with Crippen LogP contribution in [0.1, 0.15) is 0 Å². The van der Waals surface area contributed by atoms with Gasteiger partial charge in [0, 0.05) is 48.3 Å². The third-order valence-corrected chi connectivity index (χ3v) is 6.27. The number of H-pyrrole nitrogens is 2. The Balaban J connectivity index is 1.41. The highest BCUT2D eigenvalue weighted by Gasteiger charge is 2.16. The summed E-state index contributed by atoms with van der Waals surface area (Å²) in [6, 6.07) is 16.7. The van der Waals surface area contributed by atoms with Crippen LogP contribution in [0.4, 0.5) is 10.1 Å². The number of aromatic amines is 2. The second kappa shape index (κ2) is 9.44. The van der Waals surface area contributed by atoms with Gasteiger partial charge in [0.15, 0.2) is 0 Å². The summed E-state index contributed by atoms with van der Waals surface area (Å²) in [4.78, 5) is 18.9. The van der Waals surface area contributed by atoms with Crippen LogP contribution in [0.25, 0.3) is 55.8 Å². The zero-order valence-corrected chi connectivity index (χ0v) is 20.5. The third-order valence-electron chi connectivity index (χ3n) is 6.27. The highest BCUT2D eigenvalue weighted by atomic mass is 19.1. The number of halogens is 1. The number of likely N-dealkylation sites (N-methyl/N-ethyl adjacent to an activating group) is 1. The minimum absolute atomic E-state index is 0.295. The number of pyridine rings is 3. The topological polar surface area (TPSA) is 98.4 Å². The van der Waals surface area contributed by atoms with E-state index in [1.54, 1.807) is 24.7 Å². The number of anilines is 1. The van der Waals surface area contributed by atoms with Crippen LogP contribution < -0.4 is 5.32 Å². The zero-order chi connectivity index (χ0) is 25.4. The predicted molar refractivity (Wildman–Crippen MR) is 145 cm³/mol. The number of aromatic nitrogens is 6. The van der Waals surface area contributed by atoms with Crippen LogP contribution in [0.2, 0.25) is 0 Å². The number of hydrogen-bond donors (Lipinski definition) is 3. The fourth-order valence-corrected chi connectivity index (χ4v) is 4.45. The molecule has 37 heavy (non-hydrogen) atoms. The molecule has 0 saturated carbocycles. The highest BCUT2D eigenvalue weighted by Crippen LogP contribution is 2.34. The Morgan fingerprint density at radius 3 is 2.65 bits per heavy atom. The average Bonchev–Trinajstić information content (AvgIpc) is 3.52. The van der Waals surface area contributed by atoms with Crippen LogP contribution in [-0.4, -0.2) is 62.2 Å². The van der Waals surface area contributed by atoms with Crippen molar-refractivity contribution in [1.29, 1.82) is 0 Å². The van der Waals surface area contributed by atoms with Crippen molar-refractivity contribution in [3.05, 3.63) is 79.0 Å². The molecule has 0 bridgehead atoms. The molecule has 0 aliphatic heterocycles. The van der Waals surface area contributed by atoms with Crippen molar-refractivity contribution in [2.75, 3.05) is 32.5 Å². The van der Waals surface area contributed by atoms with Crippen LogP contribution >= 0.6 is 0 Å². The van der Waals surface area contributed by atoms with E-state index in [2.05, 4.69) is 35.4 Å². The van der Waals surface area contributed by atoms with Crippen molar-refractivity contribution in [2.45, 2.75) is 0 Å². The number of nitrogens with zero attached hydrogens (tertiary/aromatic N) is 5. The van der Waals surface area contributed by atoms with Gasteiger partial charge < -0.3 is 15.2 Å². The average molecular weight is 493 g/mol. The van der Waals surface area contributed by atoms with Crippen molar-refractivity contribution in [3.63, 3.8) is 0 Å². The van der Waals surface area contributed by atoms with E-state index in [1.165, 1.54) is 6.07 Å². The summed E-state index contributed by atoms with van der Waals surface area (Å²) < 4.78 is 14.6. The van der Waals surface area contributed by atoms with Crippen molar-refractivity contribution >= 4 is 27.8 Å². The molecule has 0 atom stereocenters. The van der Waals surface area contributed by atoms with Gasteiger partial charge in [-0.25, -0.2) is 14.4 Å². The molecule has 3 N–H and O–H groups in total. The van der Waals surface area contributed by atoms with E-state index in [-0.39, 0.29) is 5.82 Å². The first kappa shape index (κ1) is 22.8. The fraction of sp³-hybridized carbons (Fsp3) is 0.143. The minimum atomic E-state index is -0.295. The number of fused-ring (bicyclic) bond motifs is 2.